The summed E-state index contributed by atoms with van der Waals surface area (Å²) < 4.78 is 53.5. The number of anilines is 1. The van der Waals surface area contributed by atoms with Gasteiger partial charge in [0.1, 0.15) is 17.7 Å². The smallest absolute Gasteiger partial charge is 0.406 e. The van der Waals surface area contributed by atoms with E-state index in [1.165, 1.54) is 30.3 Å². The lowest BCUT2D eigenvalue weighted by Gasteiger charge is -2.11. The van der Waals surface area contributed by atoms with Crippen molar-refractivity contribution in [3.8, 4) is 5.75 Å². The minimum absolute atomic E-state index is 0.0834. The molecule has 0 aliphatic rings. The molecule has 4 N–H and O–H groups in total. The van der Waals surface area contributed by atoms with Crippen LogP contribution >= 0.6 is 0 Å². The van der Waals surface area contributed by atoms with E-state index in [9.17, 15) is 22.7 Å². The molecule has 5 nitrogen and oxygen atoms in total. The van der Waals surface area contributed by atoms with E-state index in [0.717, 1.165) is 12.1 Å². The quantitative estimate of drug-likeness (QED) is 0.436. The number of ether oxygens (including phenoxy) is 1. The van der Waals surface area contributed by atoms with Crippen LogP contribution in [0, 0.1) is 5.82 Å². The Bertz CT molecular complexity index is 733. The first-order valence-electron chi connectivity index (χ1n) is 7.10. The molecule has 2 rings (SSSR count). The Hall–Kier alpha value is -2.81. The van der Waals surface area contributed by atoms with Crippen LogP contribution in [-0.2, 0) is 0 Å². The predicted octanol–water partition coefficient (Wildman–Crippen LogP) is 3.18. The molecule has 0 spiro atoms. The summed E-state index contributed by atoms with van der Waals surface area (Å²) in [5, 5.41) is 12.5. The van der Waals surface area contributed by atoms with E-state index in [2.05, 4.69) is 15.0 Å². The number of nitrogens with zero attached hydrogens (tertiary/aromatic N) is 1. The highest BCUT2D eigenvalue weighted by molar-refractivity contribution is 5.92. The second kappa shape index (κ2) is 7.84. The van der Waals surface area contributed by atoms with E-state index in [1.807, 2.05) is 0 Å². The highest BCUT2D eigenvalue weighted by atomic mass is 19.4. The number of benzene rings is 2. The molecule has 1 atom stereocenters. The first-order valence-corrected chi connectivity index (χ1v) is 7.10. The summed E-state index contributed by atoms with van der Waals surface area (Å²) in [7, 11) is 0. The fraction of sp³-hybridized carbons (Fsp3) is 0.188. The number of aliphatic hydroxyl groups is 1. The molecular formula is C16H15F4N3O2. The van der Waals surface area contributed by atoms with Crippen LogP contribution in [0.2, 0.25) is 0 Å². The number of hydrogen-bond acceptors (Lipinski definition) is 3. The van der Waals surface area contributed by atoms with E-state index < -0.39 is 18.3 Å². The average molecular weight is 357 g/mol. The van der Waals surface area contributed by atoms with Crippen LogP contribution in [0.1, 0.15) is 11.7 Å². The Morgan fingerprint density at radius 1 is 1.16 bits per heavy atom. The lowest BCUT2D eigenvalue weighted by atomic mass is 10.1. The first kappa shape index (κ1) is 18.5. The van der Waals surface area contributed by atoms with Gasteiger partial charge in [0.25, 0.3) is 0 Å². The summed E-state index contributed by atoms with van der Waals surface area (Å²) >= 11 is 0. The van der Waals surface area contributed by atoms with Crippen molar-refractivity contribution in [3.05, 3.63) is 59.9 Å². The van der Waals surface area contributed by atoms with Crippen molar-refractivity contribution in [2.24, 2.45) is 10.7 Å². The standard InChI is InChI=1S/C16H15F4N3O2/c17-13-4-2-1-3-12(13)14(24)9-22-15(21)23-10-5-7-11(8-6-10)25-16(18,19)20/h1-8,14,24H,9H2,(H3,21,22,23). The van der Waals surface area contributed by atoms with Gasteiger partial charge in [0, 0.05) is 11.3 Å². The Morgan fingerprint density at radius 2 is 1.80 bits per heavy atom. The van der Waals surface area contributed by atoms with Crippen molar-refractivity contribution < 1.29 is 27.4 Å². The third-order valence-electron chi connectivity index (χ3n) is 3.06. The van der Waals surface area contributed by atoms with Gasteiger partial charge in [-0.05, 0) is 30.3 Å². The maximum atomic E-state index is 13.5. The highest BCUT2D eigenvalue weighted by Crippen LogP contribution is 2.24. The van der Waals surface area contributed by atoms with Crippen LogP contribution in [0.3, 0.4) is 0 Å². The van der Waals surface area contributed by atoms with E-state index >= 15 is 0 Å². The van der Waals surface area contributed by atoms with E-state index in [4.69, 9.17) is 5.73 Å². The zero-order valence-corrected chi connectivity index (χ0v) is 12.8. The van der Waals surface area contributed by atoms with E-state index in [0.29, 0.717) is 5.69 Å². The third-order valence-corrected chi connectivity index (χ3v) is 3.06. The van der Waals surface area contributed by atoms with Crippen LogP contribution in [0.25, 0.3) is 0 Å². The molecule has 0 bridgehead atoms. The summed E-state index contributed by atoms with van der Waals surface area (Å²) in [5.41, 5.74) is 6.09. The number of nitrogens with two attached hydrogens (primary N) is 1. The summed E-state index contributed by atoms with van der Waals surface area (Å²) in [6.07, 6.45) is -5.94. The lowest BCUT2D eigenvalue weighted by Crippen LogP contribution is -2.23. The van der Waals surface area contributed by atoms with E-state index in [1.54, 1.807) is 6.07 Å². The van der Waals surface area contributed by atoms with Gasteiger partial charge in [-0.25, -0.2) is 4.39 Å². The molecular weight excluding hydrogens is 342 g/mol. The summed E-state index contributed by atoms with van der Waals surface area (Å²) in [6.45, 7) is -0.185. The number of hydrogen-bond donors (Lipinski definition) is 3. The molecule has 9 heteroatoms. The largest absolute Gasteiger partial charge is 0.573 e. The summed E-state index contributed by atoms with van der Waals surface area (Å²) in [6, 6.07) is 10.6. The second-order valence-corrected chi connectivity index (χ2v) is 4.96. The van der Waals surface area contributed by atoms with Gasteiger partial charge in [-0.3, -0.25) is 4.99 Å². The number of guanidine groups is 1. The number of aliphatic hydroxyl groups excluding tert-OH is 1. The van der Waals surface area contributed by atoms with Gasteiger partial charge < -0.3 is 20.9 Å². The molecule has 0 amide bonds. The van der Waals surface area contributed by atoms with Gasteiger partial charge in [-0.2, -0.15) is 0 Å². The molecule has 0 fully saturated rings. The number of aliphatic imine (C=N–C) groups is 1. The molecule has 25 heavy (non-hydrogen) atoms. The molecule has 0 aliphatic carbocycles. The van der Waals surface area contributed by atoms with Crippen LogP contribution in [0.5, 0.6) is 5.75 Å². The SMILES string of the molecule is NC(=NCC(O)c1ccccc1F)Nc1ccc(OC(F)(F)F)cc1. The van der Waals surface area contributed by atoms with Crippen molar-refractivity contribution in [1.82, 2.24) is 0 Å². The molecule has 0 saturated carbocycles. The number of alkyl halides is 3. The first-order chi connectivity index (χ1) is 11.7. The van der Waals surface area contributed by atoms with E-state index in [-0.39, 0.29) is 23.8 Å². The molecule has 2 aromatic carbocycles. The Morgan fingerprint density at radius 3 is 2.40 bits per heavy atom. The Balaban J connectivity index is 1.94. The number of nitrogens with one attached hydrogen (secondary N) is 1. The van der Waals surface area contributed by atoms with Gasteiger partial charge in [0.05, 0.1) is 6.54 Å². The fourth-order valence-corrected chi connectivity index (χ4v) is 1.96. The van der Waals surface area contributed by atoms with Gasteiger partial charge in [0.15, 0.2) is 5.96 Å². The van der Waals surface area contributed by atoms with Crippen LogP contribution in [0.15, 0.2) is 53.5 Å². The summed E-state index contributed by atoms with van der Waals surface area (Å²) in [4.78, 5) is 3.87. The van der Waals surface area contributed by atoms with Gasteiger partial charge in [0.2, 0.25) is 0 Å². The van der Waals surface area contributed by atoms with Crippen molar-refractivity contribution in [2.45, 2.75) is 12.5 Å². The molecule has 0 radical (unpaired) electrons. The molecule has 0 aliphatic heterocycles. The zero-order chi connectivity index (χ0) is 18.4. The molecule has 0 saturated heterocycles. The van der Waals surface area contributed by atoms with Crippen LogP contribution in [0.4, 0.5) is 23.2 Å². The predicted molar refractivity (Wildman–Crippen MR) is 84.6 cm³/mol. The maximum absolute atomic E-state index is 13.5. The van der Waals surface area contributed by atoms with Gasteiger partial charge >= 0.3 is 6.36 Å². The number of halogens is 4. The molecule has 0 heterocycles. The van der Waals surface area contributed by atoms with Gasteiger partial charge in [-0.15, -0.1) is 13.2 Å². The zero-order valence-electron chi connectivity index (χ0n) is 12.8. The molecule has 0 aromatic heterocycles. The molecule has 134 valence electrons. The number of rotatable bonds is 5. The van der Waals surface area contributed by atoms with Crippen molar-refractivity contribution >= 4 is 11.6 Å². The highest BCUT2D eigenvalue weighted by Gasteiger charge is 2.30. The van der Waals surface area contributed by atoms with Crippen molar-refractivity contribution in [3.63, 3.8) is 0 Å². The molecule has 2 aromatic rings. The lowest BCUT2D eigenvalue weighted by molar-refractivity contribution is -0.274. The Labute approximate surface area is 140 Å². The Kier molecular flexibility index (Phi) is 5.81. The minimum atomic E-state index is -4.77. The normalized spacial score (nSPS) is 13.4. The average Bonchev–Trinajstić information content (AvgIpc) is 2.53. The monoisotopic (exact) mass is 357 g/mol. The molecule has 1 unspecified atom stereocenters. The third kappa shape index (κ3) is 5.96. The second-order valence-electron chi connectivity index (χ2n) is 4.96. The maximum Gasteiger partial charge on any atom is 0.573 e. The fourth-order valence-electron chi connectivity index (χ4n) is 1.96. The van der Waals surface area contributed by atoms with Crippen molar-refractivity contribution in [1.29, 1.82) is 0 Å². The topological polar surface area (TPSA) is 79.9 Å². The van der Waals surface area contributed by atoms with Gasteiger partial charge in [-0.1, -0.05) is 18.2 Å². The van der Waals surface area contributed by atoms with Crippen LogP contribution < -0.4 is 15.8 Å². The van der Waals surface area contributed by atoms with Crippen molar-refractivity contribution in [2.75, 3.05) is 11.9 Å². The van der Waals surface area contributed by atoms with Crippen LogP contribution in [-0.4, -0.2) is 24.0 Å². The summed E-state index contributed by atoms with van der Waals surface area (Å²) in [5.74, 6) is -1.01. The minimum Gasteiger partial charge on any atom is -0.406 e.